The average molecular weight is 333 g/mol. The molecule has 0 aliphatic heterocycles. The summed E-state index contributed by atoms with van der Waals surface area (Å²) in [5, 5.41) is 5.76. The zero-order chi connectivity index (χ0) is 10.8. The average Bonchev–Trinajstić information content (AvgIpc) is 2.59. The SMILES string of the molecule is CNC(=O)Nc1nc2ccc(I)cc2s1. The largest absolute Gasteiger partial charge is 0.341 e. The first-order valence-electron chi connectivity index (χ1n) is 4.24. The van der Waals surface area contributed by atoms with Crippen LogP contribution in [0.4, 0.5) is 9.93 Å². The van der Waals surface area contributed by atoms with Gasteiger partial charge in [-0.3, -0.25) is 5.32 Å². The molecule has 0 bridgehead atoms. The molecule has 78 valence electrons. The van der Waals surface area contributed by atoms with Crippen LogP contribution < -0.4 is 10.6 Å². The molecule has 1 heterocycles. The number of aromatic nitrogens is 1. The third-order valence-electron chi connectivity index (χ3n) is 1.80. The first-order chi connectivity index (χ1) is 7.19. The maximum Gasteiger partial charge on any atom is 0.320 e. The van der Waals surface area contributed by atoms with Crippen LogP contribution in [0.25, 0.3) is 10.2 Å². The number of carbonyl (C=O) groups excluding carboxylic acids is 1. The molecule has 0 radical (unpaired) electrons. The highest BCUT2D eigenvalue weighted by molar-refractivity contribution is 14.1. The normalized spacial score (nSPS) is 10.3. The van der Waals surface area contributed by atoms with Crippen molar-refractivity contribution in [2.24, 2.45) is 0 Å². The molecule has 0 fully saturated rings. The summed E-state index contributed by atoms with van der Waals surface area (Å²) >= 11 is 3.72. The Labute approximate surface area is 104 Å². The Bertz CT molecular complexity index is 511. The third kappa shape index (κ3) is 2.37. The van der Waals surface area contributed by atoms with E-state index in [4.69, 9.17) is 0 Å². The first-order valence-corrected chi connectivity index (χ1v) is 6.13. The minimum absolute atomic E-state index is 0.247. The van der Waals surface area contributed by atoms with E-state index in [1.807, 2.05) is 18.2 Å². The number of hydrogen-bond donors (Lipinski definition) is 2. The molecule has 0 spiro atoms. The number of thiazole rings is 1. The van der Waals surface area contributed by atoms with Crippen LogP contribution in [0, 0.1) is 3.57 Å². The summed E-state index contributed by atoms with van der Waals surface area (Å²) < 4.78 is 2.24. The predicted molar refractivity (Wildman–Crippen MR) is 70.4 cm³/mol. The maximum atomic E-state index is 11.1. The fourth-order valence-corrected chi connectivity index (χ4v) is 2.71. The second-order valence-electron chi connectivity index (χ2n) is 2.84. The molecule has 0 unspecified atom stereocenters. The fourth-order valence-electron chi connectivity index (χ4n) is 1.11. The highest BCUT2D eigenvalue weighted by atomic mass is 127. The summed E-state index contributed by atoms with van der Waals surface area (Å²) in [6.07, 6.45) is 0. The highest BCUT2D eigenvalue weighted by Crippen LogP contribution is 2.27. The number of amides is 2. The van der Waals surface area contributed by atoms with Gasteiger partial charge in [0.15, 0.2) is 5.13 Å². The van der Waals surface area contributed by atoms with Crippen molar-refractivity contribution in [2.45, 2.75) is 0 Å². The van der Waals surface area contributed by atoms with Gasteiger partial charge in [0, 0.05) is 10.6 Å². The van der Waals surface area contributed by atoms with Gasteiger partial charge in [-0.2, -0.15) is 0 Å². The Morgan fingerprint density at radius 1 is 1.53 bits per heavy atom. The van der Waals surface area contributed by atoms with Crippen molar-refractivity contribution in [3.8, 4) is 0 Å². The predicted octanol–water partition coefficient (Wildman–Crippen LogP) is 2.65. The second kappa shape index (κ2) is 4.31. The van der Waals surface area contributed by atoms with Gasteiger partial charge in [-0.05, 0) is 40.8 Å². The summed E-state index contributed by atoms with van der Waals surface area (Å²) in [6.45, 7) is 0. The van der Waals surface area contributed by atoms with Crippen molar-refractivity contribution < 1.29 is 4.79 Å². The molecule has 2 amide bonds. The Morgan fingerprint density at radius 2 is 2.33 bits per heavy atom. The molecule has 0 saturated carbocycles. The molecule has 0 aliphatic carbocycles. The molecule has 6 heteroatoms. The van der Waals surface area contributed by atoms with Crippen LogP contribution in [0.3, 0.4) is 0 Å². The molecule has 0 atom stereocenters. The molecule has 2 N–H and O–H groups in total. The van der Waals surface area contributed by atoms with Crippen LogP contribution >= 0.6 is 33.9 Å². The van der Waals surface area contributed by atoms with E-state index in [9.17, 15) is 4.79 Å². The van der Waals surface area contributed by atoms with Crippen molar-refractivity contribution in [3.05, 3.63) is 21.8 Å². The number of urea groups is 1. The van der Waals surface area contributed by atoms with Gasteiger partial charge in [-0.15, -0.1) is 0 Å². The summed E-state index contributed by atoms with van der Waals surface area (Å²) in [5.41, 5.74) is 0.909. The van der Waals surface area contributed by atoms with E-state index in [0.29, 0.717) is 5.13 Å². The maximum absolute atomic E-state index is 11.1. The monoisotopic (exact) mass is 333 g/mol. The number of nitrogens with zero attached hydrogens (tertiary/aromatic N) is 1. The number of carbonyl (C=O) groups is 1. The Kier molecular flexibility index (Phi) is 3.06. The molecule has 2 aromatic rings. The highest BCUT2D eigenvalue weighted by Gasteiger charge is 2.06. The molecular weight excluding hydrogens is 325 g/mol. The number of benzene rings is 1. The lowest BCUT2D eigenvalue weighted by atomic mass is 10.3. The zero-order valence-electron chi connectivity index (χ0n) is 7.87. The van der Waals surface area contributed by atoms with Crippen LogP contribution in [0.15, 0.2) is 18.2 Å². The fraction of sp³-hybridized carbons (Fsp3) is 0.111. The van der Waals surface area contributed by atoms with E-state index in [0.717, 1.165) is 13.8 Å². The zero-order valence-corrected chi connectivity index (χ0v) is 10.8. The van der Waals surface area contributed by atoms with Crippen molar-refractivity contribution >= 4 is 55.3 Å². The van der Waals surface area contributed by atoms with E-state index in [1.54, 1.807) is 7.05 Å². The molecular formula is C9H8IN3OS. The van der Waals surface area contributed by atoms with E-state index in [-0.39, 0.29) is 6.03 Å². The Morgan fingerprint density at radius 3 is 3.07 bits per heavy atom. The van der Waals surface area contributed by atoms with E-state index < -0.39 is 0 Å². The topological polar surface area (TPSA) is 54.0 Å². The number of nitrogens with one attached hydrogen (secondary N) is 2. The van der Waals surface area contributed by atoms with Crippen LogP contribution in [0.2, 0.25) is 0 Å². The molecule has 0 saturated heterocycles. The van der Waals surface area contributed by atoms with Crippen molar-refractivity contribution in [3.63, 3.8) is 0 Å². The van der Waals surface area contributed by atoms with Gasteiger partial charge in [-0.25, -0.2) is 9.78 Å². The van der Waals surface area contributed by atoms with Gasteiger partial charge >= 0.3 is 6.03 Å². The van der Waals surface area contributed by atoms with Gasteiger partial charge in [0.1, 0.15) is 0 Å². The summed E-state index contributed by atoms with van der Waals surface area (Å²) in [5.74, 6) is 0. The molecule has 15 heavy (non-hydrogen) atoms. The van der Waals surface area contributed by atoms with Crippen LogP contribution in [-0.2, 0) is 0 Å². The quantitative estimate of drug-likeness (QED) is 0.789. The second-order valence-corrected chi connectivity index (χ2v) is 5.11. The van der Waals surface area contributed by atoms with E-state index >= 15 is 0 Å². The van der Waals surface area contributed by atoms with Gasteiger partial charge in [0.2, 0.25) is 0 Å². The molecule has 4 nitrogen and oxygen atoms in total. The summed E-state index contributed by atoms with van der Waals surface area (Å²) in [7, 11) is 1.57. The summed E-state index contributed by atoms with van der Waals surface area (Å²) in [4.78, 5) is 15.4. The summed E-state index contributed by atoms with van der Waals surface area (Å²) in [6, 6.07) is 5.74. The van der Waals surface area contributed by atoms with Crippen LogP contribution in [0.5, 0.6) is 0 Å². The minimum Gasteiger partial charge on any atom is -0.341 e. The van der Waals surface area contributed by atoms with Gasteiger partial charge < -0.3 is 5.32 Å². The molecule has 2 rings (SSSR count). The van der Waals surface area contributed by atoms with Crippen molar-refractivity contribution in [1.29, 1.82) is 0 Å². The third-order valence-corrected chi connectivity index (χ3v) is 3.40. The molecule has 1 aromatic carbocycles. The van der Waals surface area contributed by atoms with Crippen LogP contribution in [0.1, 0.15) is 0 Å². The number of rotatable bonds is 1. The first kappa shape index (κ1) is 10.6. The number of fused-ring (bicyclic) bond motifs is 1. The number of anilines is 1. The Balaban J connectivity index is 2.34. The lowest BCUT2D eigenvalue weighted by molar-refractivity contribution is 0.254. The lowest BCUT2D eigenvalue weighted by Gasteiger charge is -1.97. The van der Waals surface area contributed by atoms with Crippen molar-refractivity contribution in [2.75, 3.05) is 12.4 Å². The molecule has 1 aromatic heterocycles. The van der Waals surface area contributed by atoms with Crippen LogP contribution in [-0.4, -0.2) is 18.1 Å². The van der Waals surface area contributed by atoms with Crippen molar-refractivity contribution in [1.82, 2.24) is 10.3 Å². The minimum atomic E-state index is -0.247. The van der Waals surface area contributed by atoms with Gasteiger partial charge in [0.25, 0.3) is 0 Å². The van der Waals surface area contributed by atoms with Gasteiger partial charge in [-0.1, -0.05) is 11.3 Å². The number of halogens is 1. The van der Waals surface area contributed by atoms with E-state index in [2.05, 4.69) is 38.2 Å². The Hall–Kier alpha value is -0.890. The standard InChI is InChI=1S/C9H8IN3OS/c1-11-8(14)13-9-12-6-3-2-5(10)4-7(6)15-9/h2-4H,1H3,(H2,11,12,13,14). The molecule has 0 aliphatic rings. The van der Waals surface area contributed by atoms with E-state index in [1.165, 1.54) is 11.3 Å². The lowest BCUT2D eigenvalue weighted by Crippen LogP contribution is -2.24. The van der Waals surface area contributed by atoms with Gasteiger partial charge in [0.05, 0.1) is 10.2 Å². The smallest absolute Gasteiger partial charge is 0.320 e. The number of hydrogen-bond acceptors (Lipinski definition) is 3.